The van der Waals surface area contributed by atoms with Crippen LogP contribution in [0.2, 0.25) is 0 Å². The van der Waals surface area contributed by atoms with Gasteiger partial charge in [-0.05, 0) is 39.9 Å². The zero-order valence-corrected chi connectivity index (χ0v) is 15.8. The first kappa shape index (κ1) is 16.8. The van der Waals surface area contributed by atoms with Crippen LogP contribution in [-0.2, 0) is 5.41 Å². The first-order valence-corrected chi connectivity index (χ1v) is 10.0. The lowest BCUT2D eigenvalue weighted by Crippen LogP contribution is -2.48. The molecule has 4 heteroatoms. The van der Waals surface area contributed by atoms with Crippen LogP contribution in [0.25, 0.3) is 11.1 Å². The van der Waals surface area contributed by atoms with E-state index in [-0.39, 0.29) is 12.0 Å². The summed E-state index contributed by atoms with van der Waals surface area (Å²) in [5.41, 5.74) is 12.3. The highest BCUT2D eigenvalue weighted by atomic mass is 16.5. The fourth-order valence-corrected chi connectivity index (χ4v) is 5.47. The number of rotatable bonds is 1. The highest BCUT2D eigenvalue weighted by Crippen LogP contribution is 2.61. The molecule has 140 valence electrons. The molecule has 0 amide bonds. The molecule has 3 atom stereocenters. The Balaban J connectivity index is 1.77. The number of ether oxygens (including phenoxy) is 1. The molecule has 3 N–H and O–H groups in total. The summed E-state index contributed by atoms with van der Waals surface area (Å²) in [6.45, 7) is 0. The molecule has 0 bridgehead atoms. The van der Waals surface area contributed by atoms with Crippen LogP contribution in [0.5, 0.6) is 5.75 Å². The monoisotopic (exact) mass is 377 g/mol. The quantitative estimate of drug-likeness (QED) is 0.641. The largest absolute Gasteiger partial charge is 0.485 e. The van der Waals surface area contributed by atoms with E-state index in [1.165, 1.54) is 22.3 Å². The van der Waals surface area contributed by atoms with Gasteiger partial charge in [0.1, 0.15) is 11.9 Å². The van der Waals surface area contributed by atoms with Gasteiger partial charge in [-0.15, -0.1) is 0 Å². The molecule has 29 heavy (non-hydrogen) atoms. The second-order valence-corrected chi connectivity index (χ2v) is 7.98. The van der Waals surface area contributed by atoms with Gasteiger partial charge in [0.2, 0.25) is 0 Å². The Labute approximate surface area is 170 Å². The summed E-state index contributed by atoms with van der Waals surface area (Å²) in [5, 5.41) is 10.1. The lowest BCUT2D eigenvalue weighted by atomic mass is 9.59. The summed E-state index contributed by atoms with van der Waals surface area (Å²) in [5.74, 6) is 1.02. The molecule has 0 saturated heterocycles. The van der Waals surface area contributed by atoms with Gasteiger partial charge in [0.25, 0.3) is 0 Å². The standard InChI is InChI=1S/C25H20BNO2/c27-26(28)16-13-14-18-17-7-1-2-8-19(17)25(22(18)15-16)20-9-3-5-11-23(20)29-24-12-6-4-10-21(24)25/h1-15,20,23,28H,27H2. The van der Waals surface area contributed by atoms with E-state index >= 15 is 0 Å². The van der Waals surface area contributed by atoms with E-state index in [0.29, 0.717) is 0 Å². The third kappa shape index (κ3) is 2.10. The summed E-state index contributed by atoms with van der Waals surface area (Å²) in [4.78, 5) is 0. The van der Waals surface area contributed by atoms with Crippen LogP contribution >= 0.6 is 0 Å². The Kier molecular flexibility index (Phi) is 3.46. The van der Waals surface area contributed by atoms with Crippen molar-refractivity contribution in [1.29, 1.82) is 0 Å². The Hall–Kier alpha value is -3.08. The highest BCUT2D eigenvalue weighted by molar-refractivity contribution is 6.63. The molecule has 6 rings (SSSR count). The van der Waals surface area contributed by atoms with Gasteiger partial charge >= 0.3 is 7.05 Å². The normalized spacial score (nSPS) is 25.0. The number of nitrogens with two attached hydrogens (primary N) is 1. The minimum Gasteiger partial charge on any atom is -0.485 e. The minimum atomic E-state index is -1.01. The summed E-state index contributed by atoms with van der Waals surface area (Å²) < 4.78 is 6.42. The minimum absolute atomic E-state index is 0.0552. The highest BCUT2D eigenvalue weighted by Gasteiger charge is 2.55. The van der Waals surface area contributed by atoms with Gasteiger partial charge in [0.15, 0.2) is 0 Å². The molecule has 1 heterocycles. The van der Waals surface area contributed by atoms with Crippen LogP contribution in [0.3, 0.4) is 0 Å². The van der Waals surface area contributed by atoms with E-state index in [1.54, 1.807) is 0 Å². The van der Waals surface area contributed by atoms with Gasteiger partial charge in [0.05, 0.1) is 5.41 Å². The fraction of sp³-hybridized carbons (Fsp3) is 0.120. The molecule has 3 aromatic carbocycles. The Morgan fingerprint density at radius 1 is 0.828 bits per heavy atom. The van der Waals surface area contributed by atoms with E-state index in [4.69, 9.17) is 10.4 Å². The van der Waals surface area contributed by atoms with Gasteiger partial charge in [-0.1, -0.05) is 78.9 Å². The van der Waals surface area contributed by atoms with Crippen LogP contribution in [0, 0.1) is 5.92 Å². The lowest BCUT2D eigenvalue weighted by molar-refractivity contribution is 0.141. The zero-order chi connectivity index (χ0) is 19.6. The molecular weight excluding hydrogens is 357 g/mol. The van der Waals surface area contributed by atoms with Crippen molar-refractivity contribution in [2.75, 3.05) is 0 Å². The van der Waals surface area contributed by atoms with Crippen molar-refractivity contribution in [1.82, 2.24) is 0 Å². The van der Waals surface area contributed by atoms with E-state index < -0.39 is 12.5 Å². The van der Waals surface area contributed by atoms with Gasteiger partial charge in [-0.25, -0.2) is 0 Å². The Morgan fingerprint density at radius 2 is 1.55 bits per heavy atom. The van der Waals surface area contributed by atoms with Crippen molar-refractivity contribution in [3.8, 4) is 16.9 Å². The van der Waals surface area contributed by atoms with Crippen LogP contribution in [0.4, 0.5) is 0 Å². The Bertz CT molecular complexity index is 1200. The topological polar surface area (TPSA) is 55.5 Å². The van der Waals surface area contributed by atoms with Crippen LogP contribution < -0.4 is 15.8 Å². The first-order chi connectivity index (χ1) is 14.2. The van der Waals surface area contributed by atoms with E-state index in [2.05, 4.69) is 78.9 Å². The second kappa shape index (κ2) is 5.96. The lowest BCUT2D eigenvalue weighted by Gasteiger charge is -2.47. The average Bonchev–Trinajstić information content (AvgIpc) is 3.05. The smallest absolute Gasteiger partial charge is 0.410 e. The molecular formula is C25H20BNO2. The summed E-state index contributed by atoms with van der Waals surface area (Å²) in [6.07, 6.45) is 8.52. The second-order valence-electron chi connectivity index (χ2n) is 7.98. The molecule has 3 aromatic rings. The molecule has 0 aromatic heterocycles. The summed E-state index contributed by atoms with van der Waals surface area (Å²) in [7, 11) is -1.01. The molecule has 1 spiro atoms. The fourth-order valence-electron chi connectivity index (χ4n) is 5.47. The van der Waals surface area contributed by atoms with Crippen molar-refractivity contribution in [2.24, 2.45) is 11.6 Å². The maximum Gasteiger partial charge on any atom is 0.410 e. The van der Waals surface area contributed by atoms with Crippen molar-refractivity contribution < 1.29 is 9.76 Å². The maximum absolute atomic E-state index is 10.1. The van der Waals surface area contributed by atoms with Crippen LogP contribution in [0.1, 0.15) is 16.7 Å². The number of para-hydroxylation sites is 1. The third-order valence-electron chi connectivity index (χ3n) is 6.61. The van der Waals surface area contributed by atoms with Crippen molar-refractivity contribution in [3.63, 3.8) is 0 Å². The number of benzene rings is 3. The SMILES string of the molecule is NB(O)c1ccc2c(c1)C1(c3ccccc3OC3C=CC=CC31)c1ccccc1-2. The molecule has 0 radical (unpaired) electrons. The Morgan fingerprint density at radius 3 is 2.41 bits per heavy atom. The van der Waals surface area contributed by atoms with Crippen molar-refractivity contribution in [2.45, 2.75) is 11.5 Å². The molecule has 3 unspecified atom stereocenters. The maximum atomic E-state index is 10.1. The van der Waals surface area contributed by atoms with E-state index in [1.807, 2.05) is 12.1 Å². The number of hydrogen-bond donors (Lipinski definition) is 2. The number of hydrogen-bond acceptors (Lipinski definition) is 3. The third-order valence-corrected chi connectivity index (χ3v) is 6.61. The first-order valence-electron chi connectivity index (χ1n) is 10.0. The molecule has 3 aliphatic rings. The average molecular weight is 377 g/mol. The molecule has 1 aliphatic heterocycles. The summed E-state index contributed by atoms with van der Waals surface area (Å²) in [6, 6.07) is 23.1. The van der Waals surface area contributed by atoms with E-state index in [9.17, 15) is 5.02 Å². The predicted molar refractivity (Wildman–Crippen MR) is 116 cm³/mol. The van der Waals surface area contributed by atoms with Gasteiger partial charge in [-0.3, -0.25) is 0 Å². The van der Waals surface area contributed by atoms with Crippen molar-refractivity contribution >= 4 is 12.5 Å². The number of allylic oxidation sites excluding steroid dienone is 2. The predicted octanol–water partition coefficient (Wildman–Crippen LogP) is 3.15. The van der Waals surface area contributed by atoms with Crippen molar-refractivity contribution in [3.05, 3.63) is 108 Å². The van der Waals surface area contributed by atoms with Gasteiger partial charge in [-0.2, -0.15) is 0 Å². The molecule has 2 aliphatic carbocycles. The van der Waals surface area contributed by atoms with Gasteiger partial charge < -0.3 is 15.4 Å². The van der Waals surface area contributed by atoms with E-state index in [0.717, 1.165) is 16.8 Å². The van der Waals surface area contributed by atoms with Crippen LogP contribution in [0.15, 0.2) is 91.0 Å². The van der Waals surface area contributed by atoms with Crippen LogP contribution in [-0.4, -0.2) is 18.2 Å². The number of fused-ring (bicyclic) bond motifs is 9. The van der Waals surface area contributed by atoms with Gasteiger partial charge in [0, 0.05) is 11.5 Å². The zero-order valence-electron chi connectivity index (χ0n) is 15.8. The molecule has 0 fully saturated rings. The molecule has 3 nitrogen and oxygen atoms in total. The summed E-state index contributed by atoms with van der Waals surface area (Å²) >= 11 is 0. The molecule has 0 saturated carbocycles.